The summed E-state index contributed by atoms with van der Waals surface area (Å²) in [6, 6.07) is 0.276. The van der Waals surface area contributed by atoms with E-state index in [1.165, 1.54) is 25.8 Å². The Morgan fingerprint density at radius 3 is 2.87 bits per heavy atom. The minimum absolute atomic E-state index is 0.0207. The lowest BCUT2D eigenvalue weighted by Crippen LogP contribution is -2.64. The number of aromatic amines is 1. The number of carbonyl (C=O) groups is 1. The molecule has 4 heterocycles. The van der Waals surface area contributed by atoms with Gasteiger partial charge in [0.05, 0.1) is 0 Å². The summed E-state index contributed by atoms with van der Waals surface area (Å²) in [6.45, 7) is 12.3. The molecule has 5 rings (SSSR count). The Kier molecular flexibility index (Phi) is 6.11. The number of allylic oxidation sites excluding steroid dienone is 1. The quantitative estimate of drug-likeness (QED) is 0.694. The van der Waals surface area contributed by atoms with Gasteiger partial charge in [-0.3, -0.25) is 14.8 Å². The van der Waals surface area contributed by atoms with E-state index in [0.29, 0.717) is 17.2 Å². The van der Waals surface area contributed by atoms with Gasteiger partial charge in [0, 0.05) is 47.5 Å². The molecule has 2 aromatic rings. The Labute approximate surface area is 183 Å². The maximum absolute atomic E-state index is 13.0. The molecule has 2 N–H and O–H groups in total. The van der Waals surface area contributed by atoms with Crippen LogP contribution in [0.3, 0.4) is 0 Å². The van der Waals surface area contributed by atoms with Gasteiger partial charge in [-0.05, 0) is 56.9 Å². The van der Waals surface area contributed by atoms with Gasteiger partial charge >= 0.3 is 0 Å². The number of amides is 1. The van der Waals surface area contributed by atoms with Gasteiger partial charge in [0.1, 0.15) is 5.01 Å². The zero-order valence-corrected chi connectivity index (χ0v) is 19.1. The molecule has 30 heavy (non-hydrogen) atoms. The second-order valence-electron chi connectivity index (χ2n) is 8.49. The fourth-order valence-corrected chi connectivity index (χ4v) is 6.07. The first-order chi connectivity index (χ1) is 14.6. The number of aromatic nitrogens is 3. The van der Waals surface area contributed by atoms with Crippen molar-refractivity contribution in [3.05, 3.63) is 40.1 Å². The van der Waals surface area contributed by atoms with Gasteiger partial charge in [-0.25, -0.2) is 4.98 Å². The van der Waals surface area contributed by atoms with Crippen molar-refractivity contribution in [3.63, 3.8) is 0 Å². The molecule has 1 spiro atoms. The molecule has 0 aromatic carbocycles. The van der Waals surface area contributed by atoms with Crippen LogP contribution >= 0.6 is 11.3 Å². The lowest BCUT2D eigenvalue weighted by Gasteiger charge is -2.58. The SMILES string of the molecule is C=C(CCCc1c(C(=O)NC2CN3CCC34CCC24)n[nH]c1C)c1nccs1.CC. The summed E-state index contributed by atoms with van der Waals surface area (Å²) in [5.41, 5.74) is 4.08. The normalized spacial score (nSPS) is 26.5. The van der Waals surface area contributed by atoms with Crippen molar-refractivity contribution in [3.8, 4) is 0 Å². The predicted molar refractivity (Wildman–Crippen MR) is 122 cm³/mol. The number of rotatable bonds is 7. The maximum Gasteiger partial charge on any atom is 0.272 e. The van der Waals surface area contributed by atoms with E-state index in [0.717, 1.165) is 47.6 Å². The van der Waals surface area contributed by atoms with E-state index < -0.39 is 0 Å². The number of nitrogens with zero attached hydrogens (tertiary/aromatic N) is 3. The zero-order chi connectivity index (χ0) is 21.3. The molecule has 6 nitrogen and oxygen atoms in total. The van der Waals surface area contributed by atoms with E-state index in [2.05, 4.69) is 32.0 Å². The molecule has 3 fully saturated rings. The Balaban J connectivity index is 0.00000106. The van der Waals surface area contributed by atoms with Crippen LogP contribution in [-0.2, 0) is 6.42 Å². The molecule has 3 unspecified atom stereocenters. The van der Waals surface area contributed by atoms with Gasteiger partial charge < -0.3 is 5.32 Å². The highest BCUT2D eigenvalue weighted by atomic mass is 32.1. The van der Waals surface area contributed by atoms with Crippen LogP contribution in [0.1, 0.15) is 72.7 Å². The molecule has 3 aliphatic rings. The number of hydrogen-bond donors (Lipinski definition) is 2. The van der Waals surface area contributed by atoms with Crippen LogP contribution in [0.4, 0.5) is 0 Å². The second-order valence-corrected chi connectivity index (χ2v) is 9.39. The second kappa shape index (κ2) is 8.63. The first-order valence-corrected chi connectivity index (χ1v) is 12.1. The van der Waals surface area contributed by atoms with E-state index in [1.807, 2.05) is 32.3 Å². The molecule has 2 aromatic heterocycles. The Morgan fingerprint density at radius 2 is 2.27 bits per heavy atom. The molecule has 1 saturated carbocycles. The van der Waals surface area contributed by atoms with Gasteiger partial charge in [0.15, 0.2) is 5.69 Å². The Hall–Kier alpha value is -1.99. The zero-order valence-electron chi connectivity index (χ0n) is 18.3. The van der Waals surface area contributed by atoms with Crippen molar-refractivity contribution in [2.24, 2.45) is 5.92 Å². The summed E-state index contributed by atoms with van der Waals surface area (Å²) < 4.78 is 0. The highest BCUT2D eigenvalue weighted by Gasteiger charge is 2.63. The summed E-state index contributed by atoms with van der Waals surface area (Å²) in [7, 11) is 0. The molecule has 2 aliphatic heterocycles. The van der Waals surface area contributed by atoms with Crippen molar-refractivity contribution in [2.75, 3.05) is 13.1 Å². The minimum Gasteiger partial charge on any atom is -0.346 e. The lowest BCUT2D eigenvalue weighted by molar-refractivity contribution is -0.0676. The molecule has 0 radical (unpaired) electrons. The number of thiazole rings is 1. The molecule has 1 amide bonds. The lowest BCUT2D eigenvalue weighted by atomic mass is 9.61. The first kappa shape index (κ1) is 21.2. The van der Waals surface area contributed by atoms with Gasteiger partial charge in [-0.2, -0.15) is 5.10 Å². The van der Waals surface area contributed by atoms with E-state index >= 15 is 0 Å². The number of aryl methyl sites for hydroxylation is 1. The average molecular weight is 428 g/mol. The van der Waals surface area contributed by atoms with Crippen molar-refractivity contribution in [1.82, 2.24) is 25.4 Å². The molecule has 162 valence electrons. The summed E-state index contributed by atoms with van der Waals surface area (Å²) >= 11 is 1.62. The molecule has 2 saturated heterocycles. The molecule has 1 aliphatic carbocycles. The van der Waals surface area contributed by atoms with Crippen LogP contribution in [0, 0.1) is 12.8 Å². The fraction of sp³-hybridized carbons (Fsp3) is 0.609. The number of carbonyl (C=O) groups excluding carboxylic acids is 1. The minimum atomic E-state index is -0.0207. The Bertz CT molecular complexity index is 901. The summed E-state index contributed by atoms with van der Waals surface area (Å²) in [6.07, 6.45) is 8.29. The van der Waals surface area contributed by atoms with Gasteiger partial charge in [0.2, 0.25) is 0 Å². The largest absolute Gasteiger partial charge is 0.346 e. The number of hydrogen-bond acceptors (Lipinski definition) is 5. The van der Waals surface area contributed by atoms with Crippen LogP contribution in [0.25, 0.3) is 5.57 Å². The smallest absolute Gasteiger partial charge is 0.272 e. The van der Waals surface area contributed by atoms with Crippen LogP contribution in [-0.4, -0.2) is 50.7 Å². The third-order valence-corrected chi connectivity index (χ3v) is 8.05. The third-order valence-electron chi connectivity index (χ3n) is 7.17. The highest BCUT2D eigenvalue weighted by Crippen LogP contribution is 2.57. The predicted octanol–water partition coefficient (Wildman–Crippen LogP) is 4.20. The monoisotopic (exact) mass is 427 g/mol. The highest BCUT2D eigenvalue weighted by molar-refractivity contribution is 7.10. The molecule has 0 bridgehead atoms. The Morgan fingerprint density at radius 1 is 1.43 bits per heavy atom. The number of nitrogens with one attached hydrogen (secondary N) is 2. The van der Waals surface area contributed by atoms with Gasteiger partial charge in [-0.1, -0.05) is 20.4 Å². The first-order valence-electron chi connectivity index (χ1n) is 11.3. The van der Waals surface area contributed by atoms with E-state index in [1.54, 1.807) is 11.3 Å². The number of H-pyrrole nitrogens is 1. The van der Waals surface area contributed by atoms with Crippen LogP contribution in [0.2, 0.25) is 0 Å². The molecule has 3 atom stereocenters. The van der Waals surface area contributed by atoms with Crippen LogP contribution in [0.15, 0.2) is 18.2 Å². The topological polar surface area (TPSA) is 73.9 Å². The maximum atomic E-state index is 13.0. The van der Waals surface area contributed by atoms with Gasteiger partial charge in [0.25, 0.3) is 5.91 Å². The third kappa shape index (κ3) is 3.52. The van der Waals surface area contributed by atoms with Crippen molar-refractivity contribution in [2.45, 2.75) is 70.9 Å². The van der Waals surface area contributed by atoms with Crippen LogP contribution in [0.5, 0.6) is 0 Å². The molecular weight excluding hydrogens is 394 g/mol. The summed E-state index contributed by atoms with van der Waals surface area (Å²) in [5, 5.41) is 13.6. The average Bonchev–Trinajstić information content (AvgIpc) is 3.39. The van der Waals surface area contributed by atoms with Gasteiger partial charge in [-0.15, -0.1) is 11.3 Å². The standard InChI is InChI=1S/C21H27N5OS.C2H6/c1-13(20-22-9-11-28-20)4-3-5-15-14(2)24-25-18(15)19(27)23-17-12-26-10-8-21(26)7-6-16(17)21;1-2/h9,11,16-17H,1,3-8,10,12H2,2H3,(H,23,27)(H,24,25);1-2H3. The van der Waals surface area contributed by atoms with Crippen molar-refractivity contribution in [1.29, 1.82) is 0 Å². The van der Waals surface area contributed by atoms with E-state index in [4.69, 9.17) is 0 Å². The van der Waals surface area contributed by atoms with E-state index in [9.17, 15) is 4.79 Å². The molecular formula is C23H33N5OS. The van der Waals surface area contributed by atoms with E-state index in [-0.39, 0.29) is 11.9 Å². The molecule has 7 heteroatoms. The summed E-state index contributed by atoms with van der Waals surface area (Å²) in [4.78, 5) is 19.9. The van der Waals surface area contributed by atoms with Crippen LogP contribution < -0.4 is 5.32 Å². The fourth-order valence-electron chi connectivity index (χ4n) is 5.43. The van der Waals surface area contributed by atoms with Crippen molar-refractivity contribution < 1.29 is 4.79 Å². The summed E-state index contributed by atoms with van der Waals surface area (Å²) in [5.74, 6) is 0.614. The van der Waals surface area contributed by atoms with Crippen molar-refractivity contribution >= 4 is 22.8 Å².